The van der Waals surface area contributed by atoms with Crippen LogP contribution in [0, 0.1) is 68.0 Å². The Balaban J connectivity index is 0.000000486. The highest BCUT2D eigenvalue weighted by molar-refractivity contribution is 7.32. The molecule has 6 aromatic carbocycles. The molecule has 256 valence electrons. The second-order valence-electron chi connectivity index (χ2n) is 10.9. The van der Waals surface area contributed by atoms with Gasteiger partial charge < -0.3 is 18.9 Å². The Morgan fingerprint density at radius 2 is 0.870 bits per heavy atom. The monoisotopic (exact) mass is 722 g/mol. The standard InChI is InChI=1S/C34H19N4O5P.C8H4N2/c35-18-24-10-12-30(16-26(24)20-37)41-28-6-1-4-22(14-28)32-8-3-9-33(43-44(39)40)34(32)23-5-2-7-29(15-23)42-31-13-11-25(19-36)27(17-31)21-38;9-5-7-3-1-2-4-8(7)6-10/h1-17,44H,(H,39,40);1-4H. The molecule has 1 atom stereocenters. The Morgan fingerprint density at radius 1 is 0.444 bits per heavy atom. The zero-order chi connectivity index (χ0) is 38.5. The first-order valence-electron chi connectivity index (χ1n) is 15.7. The second kappa shape index (κ2) is 17.7. The lowest BCUT2D eigenvalue weighted by Gasteiger charge is -2.17. The van der Waals surface area contributed by atoms with E-state index in [1.54, 1.807) is 91.0 Å². The van der Waals surface area contributed by atoms with Crippen LogP contribution in [0.5, 0.6) is 28.7 Å². The molecule has 1 unspecified atom stereocenters. The van der Waals surface area contributed by atoms with E-state index in [4.69, 9.17) is 24.5 Å². The quantitative estimate of drug-likeness (QED) is 0.146. The Labute approximate surface area is 310 Å². The molecule has 0 spiro atoms. The van der Waals surface area contributed by atoms with Crippen LogP contribution in [0.1, 0.15) is 33.4 Å². The van der Waals surface area contributed by atoms with Crippen LogP contribution < -0.4 is 14.0 Å². The first kappa shape index (κ1) is 37.1. The van der Waals surface area contributed by atoms with Crippen LogP contribution in [0.3, 0.4) is 0 Å². The van der Waals surface area contributed by atoms with Gasteiger partial charge >= 0.3 is 8.25 Å². The fourth-order valence-corrected chi connectivity index (χ4v) is 5.55. The molecule has 0 aromatic heterocycles. The predicted octanol–water partition coefficient (Wildman–Crippen LogP) is 9.28. The Bertz CT molecular complexity index is 2640. The molecule has 0 aliphatic heterocycles. The summed E-state index contributed by atoms with van der Waals surface area (Å²) in [5, 5.41) is 54.1. The summed E-state index contributed by atoms with van der Waals surface area (Å²) in [7, 11) is -3.36. The van der Waals surface area contributed by atoms with Crippen molar-refractivity contribution in [2.24, 2.45) is 0 Å². The maximum absolute atomic E-state index is 11.8. The first-order valence-corrected chi connectivity index (χ1v) is 16.9. The molecule has 0 radical (unpaired) electrons. The van der Waals surface area contributed by atoms with Gasteiger partial charge in [-0.2, -0.15) is 31.6 Å². The number of benzene rings is 6. The molecule has 54 heavy (non-hydrogen) atoms. The van der Waals surface area contributed by atoms with Crippen molar-refractivity contribution < 1.29 is 23.5 Å². The summed E-state index contributed by atoms with van der Waals surface area (Å²) in [5.41, 5.74) is 4.22. The molecule has 0 saturated carbocycles. The largest absolute Gasteiger partial charge is 0.457 e. The van der Waals surface area contributed by atoms with Gasteiger partial charge in [0, 0.05) is 5.56 Å². The van der Waals surface area contributed by atoms with Crippen LogP contribution in [0.2, 0.25) is 0 Å². The van der Waals surface area contributed by atoms with Crippen LogP contribution in [0.15, 0.2) is 127 Å². The van der Waals surface area contributed by atoms with Crippen molar-refractivity contribution in [2.45, 2.75) is 0 Å². The maximum atomic E-state index is 11.8. The number of hydrogen-bond donors (Lipinski definition) is 1. The molecular formula is C42H23N6O5P. The zero-order valence-electron chi connectivity index (χ0n) is 27.9. The van der Waals surface area contributed by atoms with Crippen molar-refractivity contribution in [1.82, 2.24) is 0 Å². The average molecular weight is 723 g/mol. The lowest BCUT2D eigenvalue weighted by molar-refractivity contribution is 0.411. The molecule has 0 amide bonds. The fraction of sp³-hybridized carbons (Fsp3) is 0. The first-order chi connectivity index (χ1) is 26.3. The molecule has 6 rings (SSSR count). The number of nitriles is 6. The fourth-order valence-electron chi connectivity index (χ4n) is 5.19. The molecule has 0 aliphatic rings. The molecule has 6 aromatic rings. The molecule has 0 saturated heterocycles. The van der Waals surface area contributed by atoms with Gasteiger partial charge in [-0.15, -0.1) is 0 Å². The minimum absolute atomic E-state index is 0.174. The number of rotatable bonds is 8. The summed E-state index contributed by atoms with van der Waals surface area (Å²) in [4.78, 5) is 9.66. The van der Waals surface area contributed by atoms with Crippen molar-refractivity contribution in [3.63, 3.8) is 0 Å². The van der Waals surface area contributed by atoms with Gasteiger partial charge in [0.15, 0.2) is 0 Å². The lowest BCUT2D eigenvalue weighted by Crippen LogP contribution is -1.93. The highest BCUT2D eigenvalue weighted by Crippen LogP contribution is 2.44. The predicted molar refractivity (Wildman–Crippen MR) is 197 cm³/mol. The zero-order valence-corrected chi connectivity index (χ0v) is 28.9. The summed E-state index contributed by atoms with van der Waals surface area (Å²) in [5.74, 6) is 1.78. The van der Waals surface area contributed by atoms with Gasteiger partial charge in [-0.3, -0.25) is 0 Å². The summed E-state index contributed by atoms with van der Waals surface area (Å²) >= 11 is 0. The topological polar surface area (TPSA) is 208 Å². The minimum Gasteiger partial charge on any atom is -0.457 e. The van der Waals surface area contributed by atoms with E-state index in [1.807, 2.05) is 48.5 Å². The second-order valence-corrected chi connectivity index (χ2v) is 11.7. The van der Waals surface area contributed by atoms with E-state index in [2.05, 4.69) is 0 Å². The van der Waals surface area contributed by atoms with E-state index in [0.29, 0.717) is 56.4 Å². The molecule has 0 heterocycles. The third-order valence-corrected chi connectivity index (χ3v) is 7.99. The van der Waals surface area contributed by atoms with E-state index in [9.17, 15) is 30.5 Å². The van der Waals surface area contributed by atoms with E-state index >= 15 is 0 Å². The summed E-state index contributed by atoms with van der Waals surface area (Å²) in [6, 6.07) is 46.9. The van der Waals surface area contributed by atoms with Gasteiger partial charge in [0.25, 0.3) is 0 Å². The van der Waals surface area contributed by atoms with E-state index in [-0.39, 0.29) is 28.0 Å². The number of nitrogens with zero attached hydrogens (tertiary/aromatic N) is 6. The smallest absolute Gasteiger partial charge is 0.365 e. The van der Waals surface area contributed by atoms with Crippen molar-refractivity contribution in [2.75, 3.05) is 0 Å². The normalized spacial score (nSPS) is 10.2. The number of hydrogen-bond acceptors (Lipinski definition) is 10. The molecule has 11 nitrogen and oxygen atoms in total. The SMILES string of the molecule is N#Cc1ccc(Oc2cccc(-c3cccc(O[PH](=O)O)c3-c3cccc(Oc4ccc(C#N)c(C#N)c4)c3)c2)cc1C#N.N#Cc1ccccc1C#N. The van der Waals surface area contributed by atoms with Crippen LogP contribution in [0.25, 0.3) is 22.3 Å². The Hall–Kier alpha value is -8.15. The Morgan fingerprint density at radius 3 is 1.35 bits per heavy atom. The third-order valence-electron chi connectivity index (χ3n) is 7.59. The minimum atomic E-state index is -3.36. The summed E-state index contributed by atoms with van der Waals surface area (Å²) in [6.07, 6.45) is 0. The van der Waals surface area contributed by atoms with Crippen molar-refractivity contribution in [1.29, 1.82) is 31.6 Å². The molecule has 0 bridgehead atoms. The van der Waals surface area contributed by atoms with Gasteiger partial charge in [-0.25, -0.2) is 4.57 Å². The highest BCUT2D eigenvalue weighted by Gasteiger charge is 2.17. The summed E-state index contributed by atoms with van der Waals surface area (Å²) < 4.78 is 29.2. The third kappa shape index (κ3) is 8.95. The molecule has 1 N–H and O–H groups in total. The van der Waals surface area contributed by atoms with Crippen LogP contribution in [0.4, 0.5) is 0 Å². The van der Waals surface area contributed by atoms with E-state index < -0.39 is 8.25 Å². The average Bonchev–Trinajstić information content (AvgIpc) is 3.20. The lowest BCUT2D eigenvalue weighted by atomic mass is 9.93. The summed E-state index contributed by atoms with van der Waals surface area (Å²) in [6.45, 7) is 0. The van der Waals surface area contributed by atoms with Crippen LogP contribution in [-0.2, 0) is 4.57 Å². The van der Waals surface area contributed by atoms with Crippen LogP contribution in [-0.4, -0.2) is 4.89 Å². The Kier molecular flexibility index (Phi) is 12.1. The van der Waals surface area contributed by atoms with Gasteiger partial charge in [0.2, 0.25) is 0 Å². The van der Waals surface area contributed by atoms with E-state index in [0.717, 1.165) is 0 Å². The van der Waals surface area contributed by atoms with Gasteiger partial charge in [0.05, 0.1) is 33.4 Å². The van der Waals surface area contributed by atoms with Gasteiger partial charge in [0.1, 0.15) is 65.2 Å². The van der Waals surface area contributed by atoms with Crippen molar-refractivity contribution in [3.05, 3.63) is 161 Å². The van der Waals surface area contributed by atoms with Crippen molar-refractivity contribution >= 4 is 8.25 Å². The molecule has 0 aliphatic carbocycles. The van der Waals surface area contributed by atoms with Gasteiger partial charge in [-0.1, -0.05) is 48.5 Å². The van der Waals surface area contributed by atoms with Crippen LogP contribution >= 0.6 is 8.25 Å². The molecule has 12 heteroatoms. The molecular weight excluding hydrogens is 699 g/mol. The highest BCUT2D eigenvalue weighted by atomic mass is 31.1. The van der Waals surface area contributed by atoms with E-state index in [1.165, 1.54) is 24.3 Å². The van der Waals surface area contributed by atoms with Crippen molar-refractivity contribution in [3.8, 4) is 87.4 Å². The van der Waals surface area contributed by atoms with Gasteiger partial charge in [-0.05, 0) is 95.6 Å². The maximum Gasteiger partial charge on any atom is 0.365 e. The molecule has 0 fully saturated rings. The number of ether oxygens (including phenoxy) is 2.